The van der Waals surface area contributed by atoms with Gasteiger partial charge in [-0.15, -0.1) is 0 Å². The minimum Gasteiger partial charge on any atom is -0.453 e. The zero-order valence-corrected chi connectivity index (χ0v) is 18.8. The van der Waals surface area contributed by atoms with Gasteiger partial charge in [-0.25, -0.2) is 9.97 Å². The molecule has 0 bridgehead atoms. The summed E-state index contributed by atoms with van der Waals surface area (Å²) < 4.78 is 5.38. The lowest BCUT2D eigenvalue weighted by Crippen LogP contribution is -2.53. The summed E-state index contributed by atoms with van der Waals surface area (Å²) in [7, 11) is 1.64. The molecule has 0 N–H and O–H groups in total. The number of carbonyl (C=O) groups is 2. The summed E-state index contributed by atoms with van der Waals surface area (Å²) in [6, 6.07) is 2.32. The maximum absolute atomic E-state index is 12.8. The summed E-state index contributed by atoms with van der Waals surface area (Å²) in [6.07, 6.45) is 5.87. The third kappa shape index (κ3) is 5.47. The van der Waals surface area contributed by atoms with E-state index in [1.54, 1.807) is 14.0 Å². The molecule has 29 heavy (non-hydrogen) atoms. The van der Waals surface area contributed by atoms with Crippen molar-refractivity contribution in [1.82, 2.24) is 14.9 Å². The first-order chi connectivity index (χ1) is 13.7. The Morgan fingerprint density at radius 3 is 2.34 bits per heavy atom. The molecular formula is C21H30N4O3S. The zero-order valence-electron chi connectivity index (χ0n) is 17.9. The second-order valence-electron chi connectivity index (χ2n) is 7.59. The molecular weight excluding hydrogens is 388 g/mol. The molecule has 0 unspecified atom stereocenters. The Balaban J connectivity index is 1.95. The first-order valence-corrected chi connectivity index (χ1v) is 11.2. The summed E-state index contributed by atoms with van der Waals surface area (Å²) in [4.78, 5) is 35.4. The van der Waals surface area contributed by atoms with Crippen molar-refractivity contribution in [3.05, 3.63) is 17.0 Å². The molecule has 0 spiro atoms. The molecule has 1 aliphatic carbocycles. The van der Waals surface area contributed by atoms with E-state index in [1.165, 1.54) is 16.7 Å². The van der Waals surface area contributed by atoms with Gasteiger partial charge in [0.1, 0.15) is 5.54 Å². The van der Waals surface area contributed by atoms with E-state index in [2.05, 4.69) is 16.0 Å². The summed E-state index contributed by atoms with van der Waals surface area (Å²) in [6.45, 7) is 5.38. The third-order valence-corrected chi connectivity index (χ3v) is 6.23. The third-order valence-electron chi connectivity index (χ3n) is 5.68. The van der Waals surface area contributed by atoms with Crippen molar-refractivity contribution in [3.63, 3.8) is 0 Å². The van der Waals surface area contributed by atoms with E-state index in [1.807, 2.05) is 20.1 Å². The fraction of sp³-hybridized carbons (Fsp3) is 0.667. The molecule has 7 nitrogen and oxygen atoms in total. The van der Waals surface area contributed by atoms with E-state index < -0.39 is 17.6 Å². The maximum Gasteiger partial charge on any atom is 0.306 e. The summed E-state index contributed by atoms with van der Waals surface area (Å²) in [5, 5.41) is 10.4. The van der Waals surface area contributed by atoms with E-state index >= 15 is 0 Å². The number of nitriles is 1. The van der Waals surface area contributed by atoms with Gasteiger partial charge >= 0.3 is 5.97 Å². The van der Waals surface area contributed by atoms with E-state index in [4.69, 9.17) is 4.74 Å². The lowest BCUT2D eigenvalue weighted by Gasteiger charge is -2.39. The number of aromatic nitrogens is 2. The molecule has 158 valence electrons. The number of hydrogen-bond donors (Lipinski definition) is 0. The van der Waals surface area contributed by atoms with E-state index in [0.29, 0.717) is 24.4 Å². The number of aryl methyl sites for hydroxylation is 2. The van der Waals surface area contributed by atoms with Gasteiger partial charge in [-0.05, 0) is 51.9 Å². The Bertz CT molecular complexity index is 777. The van der Waals surface area contributed by atoms with Gasteiger partial charge in [0, 0.05) is 24.9 Å². The average molecular weight is 419 g/mol. The lowest BCUT2D eigenvalue weighted by molar-refractivity contribution is -0.160. The van der Waals surface area contributed by atoms with E-state index in [0.717, 1.165) is 36.2 Å². The molecule has 1 saturated carbocycles. The minimum atomic E-state index is -0.919. The van der Waals surface area contributed by atoms with Crippen molar-refractivity contribution in [2.45, 2.75) is 82.5 Å². The first-order valence-electron chi connectivity index (χ1n) is 10.0. The fourth-order valence-electron chi connectivity index (χ4n) is 3.84. The number of hydrogen-bond acceptors (Lipinski definition) is 7. The predicted molar refractivity (Wildman–Crippen MR) is 111 cm³/mol. The summed E-state index contributed by atoms with van der Waals surface area (Å²) >= 11 is 1.48. The summed E-state index contributed by atoms with van der Waals surface area (Å²) in [5.41, 5.74) is 1.85. The van der Waals surface area contributed by atoms with Crippen LogP contribution in [0, 0.1) is 25.2 Å². The topological polar surface area (TPSA) is 96.2 Å². The molecule has 2 rings (SSSR count). The van der Waals surface area contributed by atoms with Crippen molar-refractivity contribution in [3.8, 4) is 6.07 Å². The second kappa shape index (κ2) is 10.1. The second-order valence-corrected chi connectivity index (χ2v) is 8.37. The van der Waals surface area contributed by atoms with Crippen LogP contribution in [-0.2, 0) is 20.7 Å². The van der Waals surface area contributed by atoms with Gasteiger partial charge in [-0.2, -0.15) is 5.26 Å². The van der Waals surface area contributed by atoms with E-state index in [-0.39, 0.29) is 12.3 Å². The normalized spacial score (nSPS) is 16.6. The SMILES string of the molecule is CSc1nc(C)c(CCC(=O)O[C@H](C)C(=O)N(C)C2(C#N)CCCCC2)c(C)n1. The number of esters is 1. The molecule has 0 radical (unpaired) electrons. The van der Waals surface area contributed by atoms with Gasteiger partial charge in [-0.3, -0.25) is 9.59 Å². The van der Waals surface area contributed by atoms with Crippen LogP contribution in [-0.4, -0.2) is 51.7 Å². The van der Waals surface area contributed by atoms with Crippen LogP contribution in [0.4, 0.5) is 0 Å². The number of amides is 1. The largest absolute Gasteiger partial charge is 0.453 e. The van der Waals surface area contributed by atoms with Crippen LogP contribution in [0.2, 0.25) is 0 Å². The number of nitrogens with zero attached hydrogens (tertiary/aromatic N) is 4. The molecule has 0 saturated heterocycles. The van der Waals surface area contributed by atoms with Crippen LogP contribution >= 0.6 is 11.8 Å². The van der Waals surface area contributed by atoms with Gasteiger partial charge in [0.25, 0.3) is 5.91 Å². The van der Waals surface area contributed by atoms with Gasteiger partial charge in [0.2, 0.25) is 0 Å². The highest BCUT2D eigenvalue weighted by atomic mass is 32.2. The fourth-order valence-corrected chi connectivity index (χ4v) is 4.29. The predicted octanol–water partition coefficient (Wildman–Crippen LogP) is 3.36. The van der Waals surface area contributed by atoms with Crippen molar-refractivity contribution in [2.24, 2.45) is 0 Å². The number of ether oxygens (including phenoxy) is 1. The zero-order chi connectivity index (χ0) is 21.6. The molecule has 1 fully saturated rings. The Morgan fingerprint density at radius 1 is 1.24 bits per heavy atom. The molecule has 0 aromatic carbocycles. The van der Waals surface area contributed by atoms with Gasteiger partial charge < -0.3 is 9.64 Å². The smallest absolute Gasteiger partial charge is 0.306 e. The maximum atomic E-state index is 12.8. The quantitative estimate of drug-likeness (QED) is 0.380. The van der Waals surface area contributed by atoms with Gasteiger partial charge in [0.15, 0.2) is 11.3 Å². The van der Waals surface area contributed by atoms with Crippen molar-refractivity contribution in [1.29, 1.82) is 5.26 Å². The van der Waals surface area contributed by atoms with Crippen LogP contribution in [0.25, 0.3) is 0 Å². The highest BCUT2D eigenvalue weighted by Gasteiger charge is 2.40. The Morgan fingerprint density at radius 2 is 1.83 bits per heavy atom. The monoisotopic (exact) mass is 418 g/mol. The van der Waals surface area contributed by atoms with Crippen LogP contribution < -0.4 is 0 Å². The molecule has 1 aromatic rings. The Labute approximate surface area is 177 Å². The van der Waals surface area contributed by atoms with Crippen LogP contribution in [0.15, 0.2) is 5.16 Å². The molecule has 1 aromatic heterocycles. The highest BCUT2D eigenvalue weighted by Crippen LogP contribution is 2.33. The number of thioether (sulfide) groups is 1. The lowest BCUT2D eigenvalue weighted by atomic mass is 9.81. The molecule has 1 amide bonds. The minimum absolute atomic E-state index is 0.147. The average Bonchev–Trinajstić information content (AvgIpc) is 2.72. The first kappa shape index (κ1) is 23.1. The van der Waals surface area contributed by atoms with Gasteiger partial charge in [0.05, 0.1) is 6.07 Å². The highest BCUT2D eigenvalue weighted by molar-refractivity contribution is 7.98. The van der Waals surface area contributed by atoms with Crippen LogP contribution in [0.5, 0.6) is 0 Å². The van der Waals surface area contributed by atoms with Crippen molar-refractivity contribution < 1.29 is 14.3 Å². The number of rotatable bonds is 7. The number of likely N-dealkylation sites (N-methyl/N-ethyl adjacent to an activating group) is 1. The van der Waals surface area contributed by atoms with Crippen molar-refractivity contribution in [2.75, 3.05) is 13.3 Å². The van der Waals surface area contributed by atoms with Crippen molar-refractivity contribution >= 4 is 23.6 Å². The van der Waals surface area contributed by atoms with Gasteiger partial charge in [-0.1, -0.05) is 31.0 Å². The van der Waals surface area contributed by atoms with Crippen LogP contribution in [0.3, 0.4) is 0 Å². The number of carbonyl (C=O) groups excluding carboxylic acids is 2. The van der Waals surface area contributed by atoms with E-state index in [9.17, 15) is 14.9 Å². The standard InChI is InChI=1S/C21H30N4O3S/c1-14-17(15(2)24-20(23-14)29-5)9-10-18(26)28-16(3)19(27)25(4)21(13-22)11-7-6-8-12-21/h16H,6-12H2,1-5H3/t16-/m1/s1. The molecule has 0 aliphatic heterocycles. The summed E-state index contributed by atoms with van der Waals surface area (Å²) in [5.74, 6) is -0.775. The Hall–Kier alpha value is -2.14. The molecule has 1 atom stereocenters. The molecule has 1 aliphatic rings. The Kier molecular flexibility index (Phi) is 8.03. The molecule has 1 heterocycles. The molecule has 8 heteroatoms. The van der Waals surface area contributed by atoms with Crippen LogP contribution in [0.1, 0.15) is 62.4 Å².